The number of amidine groups is 1. The van der Waals surface area contributed by atoms with Crippen molar-refractivity contribution in [3.05, 3.63) is 95.3 Å². The number of anilines is 3. The van der Waals surface area contributed by atoms with Crippen molar-refractivity contribution in [1.29, 1.82) is 0 Å². The lowest BCUT2D eigenvalue weighted by atomic mass is 10.1. The Bertz CT molecular complexity index is 1710. The highest BCUT2D eigenvalue weighted by Gasteiger charge is 2.17. The highest BCUT2D eigenvalue weighted by molar-refractivity contribution is 6.07. The van der Waals surface area contributed by atoms with Crippen LogP contribution < -0.4 is 26.2 Å². The summed E-state index contributed by atoms with van der Waals surface area (Å²) in [5, 5.41) is 11.5. The Hall–Kier alpha value is -5.65. The highest BCUT2D eigenvalue weighted by atomic mass is 16.2. The molecule has 0 saturated carbocycles. The van der Waals surface area contributed by atoms with Gasteiger partial charge in [-0.1, -0.05) is 18.2 Å². The van der Waals surface area contributed by atoms with Gasteiger partial charge in [-0.05, 0) is 48.0 Å². The molecule has 0 fully saturated rings. The quantitative estimate of drug-likeness (QED) is 0.151. The van der Waals surface area contributed by atoms with E-state index in [1.54, 1.807) is 74.0 Å². The number of aromatic nitrogens is 3. The lowest BCUT2D eigenvalue weighted by molar-refractivity contribution is 0.0945. The molecule has 1 aromatic carbocycles. The summed E-state index contributed by atoms with van der Waals surface area (Å²) in [6, 6.07) is 14.8. The molecule has 45 heavy (non-hydrogen) atoms. The predicted octanol–water partition coefficient (Wildman–Crippen LogP) is 3.87. The number of hydrogen-bond acceptors (Lipinski definition) is 6. The van der Waals surface area contributed by atoms with E-state index in [9.17, 15) is 14.4 Å². The van der Waals surface area contributed by atoms with Crippen LogP contribution in [0.15, 0.2) is 72.1 Å². The van der Waals surface area contributed by atoms with Crippen LogP contribution in [-0.4, -0.2) is 72.4 Å². The van der Waals surface area contributed by atoms with Crippen LogP contribution >= 0.6 is 0 Å². The van der Waals surface area contributed by atoms with E-state index < -0.39 is 0 Å². The number of amides is 3. The van der Waals surface area contributed by atoms with Gasteiger partial charge in [-0.25, -0.2) is 0 Å². The molecule has 0 aliphatic heterocycles. The summed E-state index contributed by atoms with van der Waals surface area (Å²) in [7, 11) is 10.9. The summed E-state index contributed by atoms with van der Waals surface area (Å²) in [4.78, 5) is 49.1. The Morgan fingerprint density at radius 2 is 1.49 bits per heavy atom. The summed E-state index contributed by atoms with van der Waals surface area (Å²) < 4.78 is 3.26. The molecule has 234 valence electrons. The number of aryl methyl sites for hydroxylation is 2. The number of hydrogen-bond donors (Lipinski definition) is 4. The molecule has 0 bridgehead atoms. The van der Waals surface area contributed by atoms with Gasteiger partial charge >= 0.3 is 0 Å². The summed E-state index contributed by atoms with van der Waals surface area (Å²) in [5.74, 6) is -0.209. The monoisotopic (exact) mass is 609 g/mol. The Morgan fingerprint density at radius 3 is 2.04 bits per heavy atom. The average molecular weight is 610 g/mol. The number of rotatable bonds is 11. The molecule has 4 aromatic rings. The first-order valence-electron chi connectivity index (χ1n) is 14.4. The first kappa shape index (κ1) is 32.3. The standard InChI is InChI=1S/C33H39N9O3/c1-34-30(35-2)15-16-36-32(44)28-17-26(21-41(28)5)39-33(45)29-18-25(20-42(29)6)38-31(43)23-10-12-24(37-19-23)11-7-22-8-13-27(14-9-22)40(3)4/h7-14,17-21H,15-16H2,1-6H3,(H,34,35)(H,36,44)(H,38,43)(H,39,45)/b11-7+. The smallest absolute Gasteiger partial charge is 0.272 e. The van der Waals surface area contributed by atoms with E-state index in [1.807, 2.05) is 55.4 Å². The topological polar surface area (TPSA) is 138 Å². The maximum Gasteiger partial charge on any atom is 0.272 e. The normalized spacial score (nSPS) is 11.4. The zero-order valence-electron chi connectivity index (χ0n) is 26.4. The fourth-order valence-electron chi connectivity index (χ4n) is 4.55. The van der Waals surface area contributed by atoms with Crippen molar-refractivity contribution in [3.8, 4) is 0 Å². The summed E-state index contributed by atoms with van der Waals surface area (Å²) >= 11 is 0. The molecule has 0 saturated heterocycles. The molecule has 12 heteroatoms. The number of benzene rings is 1. The van der Waals surface area contributed by atoms with Crippen LogP contribution in [0.3, 0.4) is 0 Å². The molecule has 3 aromatic heterocycles. The van der Waals surface area contributed by atoms with Crippen molar-refractivity contribution in [3.63, 3.8) is 0 Å². The maximum atomic E-state index is 13.1. The Morgan fingerprint density at radius 1 is 0.867 bits per heavy atom. The van der Waals surface area contributed by atoms with E-state index in [1.165, 1.54) is 6.20 Å². The maximum absolute atomic E-state index is 13.1. The molecular weight excluding hydrogens is 570 g/mol. The Labute approximate surface area is 262 Å². The largest absolute Gasteiger partial charge is 0.378 e. The first-order valence-corrected chi connectivity index (χ1v) is 14.4. The van der Waals surface area contributed by atoms with E-state index in [4.69, 9.17) is 0 Å². The van der Waals surface area contributed by atoms with Crippen LogP contribution in [-0.2, 0) is 14.1 Å². The van der Waals surface area contributed by atoms with E-state index >= 15 is 0 Å². The minimum Gasteiger partial charge on any atom is -0.378 e. The summed E-state index contributed by atoms with van der Waals surface area (Å²) in [6.45, 7) is 0.417. The molecule has 0 unspecified atom stereocenters. The predicted molar refractivity (Wildman–Crippen MR) is 180 cm³/mol. The van der Waals surface area contributed by atoms with E-state index in [0.717, 1.165) is 22.8 Å². The second-order valence-electron chi connectivity index (χ2n) is 10.6. The van der Waals surface area contributed by atoms with Gasteiger partial charge in [-0.15, -0.1) is 0 Å². The number of nitrogens with one attached hydrogen (secondary N) is 4. The van der Waals surface area contributed by atoms with Crippen molar-refractivity contribution < 1.29 is 14.4 Å². The second-order valence-corrected chi connectivity index (χ2v) is 10.6. The molecule has 0 radical (unpaired) electrons. The van der Waals surface area contributed by atoms with Crippen LogP contribution in [0.2, 0.25) is 0 Å². The third-order valence-electron chi connectivity index (χ3n) is 7.10. The van der Waals surface area contributed by atoms with Gasteiger partial charge < -0.3 is 35.3 Å². The van der Waals surface area contributed by atoms with Gasteiger partial charge in [0.15, 0.2) is 0 Å². The van der Waals surface area contributed by atoms with Gasteiger partial charge in [0.25, 0.3) is 17.7 Å². The van der Waals surface area contributed by atoms with Gasteiger partial charge in [0.2, 0.25) is 0 Å². The van der Waals surface area contributed by atoms with Crippen molar-refractivity contribution >= 4 is 52.8 Å². The molecular formula is C33H39N9O3. The van der Waals surface area contributed by atoms with Crippen molar-refractivity contribution in [2.75, 3.05) is 50.3 Å². The Kier molecular flexibility index (Phi) is 10.5. The molecule has 0 spiro atoms. The minimum atomic E-state index is -0.387. The second kappa shape index (κ2) is 14.7. The number of aliphatic imine (C=N–C) groups is 1. The first-order chi connectivity index (χ1) is 21.6. The van der Waals surface area contributed by atoms with E-state index in [2.05, 4.69) is 31.2 Å². The molecule has 4 N–H and O–H groups in total. The van der Waals surface area contributed by atoms with Gasteiger partial charge in [0.05, 0.1) is 28.5 Å². The molecule has 12 nitrogen and oxygen atoms in total. The van der Waals surface area contributed by atoms with Crippen LogP contribution in [0.25, 0.3) is 12.2 Å². The number of nitrogens with zero attached hydrogens (tertiary/aromatic N) is 5. The number of carbonyl (C=O) groups excluding carboxylic acids is 3. The summed E-state index contributed by atoms with van der Waals surface area (Å²) in [6.07, 6.45) is 9.26. The summed E-state index contributed by atoms with van der Waals surface area (Å²) in [5.41, 5.74) is 4.93. The number of pyridine rings is 1. The zero-order chi connectivity index (χ0) is 32.5. The molecule has 4 rings (SSSR count). The van der Waals surface area contributed by atoms with Crippen LogP contribution in [0.5, 0.6) is 0 Å². The fraction of sp³-hybridized carbons (Fsp3) is 0.242. The molecule has 0 aliphatic rings. The fourth-order valence-corrected chi connectivity index (χ4v) is 4.55. The zero-order valence-corrected chi connectivity index (χ0v) is 26.4. The van der Waals surface area contributed by atoms with Crippen molar-refractivity contribution in [1.82, 2.24) is 24.8 Å². The molecule has 0 aliphatic carbocycles. The molecule has 3 heterocycles. The van der Waals surface area contributed by atoms with Crippen LogP contribution in [0.1, 0.15) is 49.0 Å². The van der Waals surface area contributed by atoms with Gasteiger partial charge in [-0.2, -0.15) is 0 Å². The number of carbonyl (C=O) groups is 3. The van der Waals surface area contributed by atoms with Crippen LogP contribution in [0.4, 0.5) is 17.1 Å². The van der Waals surface area contributed by atoms with Crippen molar-refractivity contribution in [2.45, 2.75) is 6.42 Å². The molecule has 0 atom stereocenters. The third-order valence-corrected chi connectivity index (χ3v) is 7.10. The lowest BCUT2D eigenvalue weighted by Crippen LogP contribution is -2.30. The third kappa shape index (κ3) is 8.47. The van der Waals surface area contributed by atoms with Crippen molar-refractivity contribution in [2.24, 2.45) is 19.1 Å². The average Bonchev–Trinajstić information content (AvgIpc) is 3.59. The van der Waals surface area contributed by atoms with E-state index in [0.29, 0.717) is 41.3 Å². The van der Waals surface area contributed by atoms with Crippen LogP contribution in [0, 0.1) is 0 Å². The minimum absolute atomic E-state index is 0.262. The van der Waals surface area contributed by atoms with E-state index in [-0.39, 0.29) is 17.7 Å². The highest BCUT2D eigenvalue weighted by Crippen LogP contribution is 2.19. The van der Waals surface area contributed by atoms with Gasteiger partial charge in [-0.3, -0.25) is 24.4 Å². The lowest BCUT2D eigenvalue weighted by Gasteiger charge is -2.11. The Balaban J connectivity index is 1.33. The SMILES string of the molecule is CN=C(CCNC(=O)c1cc(NC(=O)c2cc(NC(=O)c3ccc(/C=C/c4ccc(N(C)C)cc4)nc3)cn2C)cn1C)NC. The molecule has 3 amide bonds. The van der Waals surface area contributed by atoms with Gasteiger partial charge in [0, 0.05) is 79.5 Å². The van der Waals surface area contributed by atoms with Gasteiger partial charge in [0.1, 0.15) is 11.4 Å².